The van der Waals surface area contributed by atoms with Crippen LogP contribution in [0.3, 0.4) is 0 Å². The summed E-state index contributed by atoms with van der Waals surface area (Å²) in [7, 11) is -2.72. The van der Waals surface area contributed by atoms with Gasteiger partial charge in [-0.05, 0) is 24.3 Å². The van der Waals surface area contributed by atoms with E-state index in [-0.39, 0.29) is 27.0 Å². The van der Waals surface area contributed by atoms with Crippen LogP contribution < -0.4 is 15.2 Å². The van der Waals surface area contributed by atoms with Crippen LogP contribution in [0.4, 0.5) is 15.8 Å². The minimum Gasteiger partial charge on any atom is -0.494 e. The lowest BCUT2D eigenvalue weighted by atomic mass is 10.3. The molecule has 0 aliphatic carbocycles. The van der Waals surface area contributed by atoms with Gasteiger partial charge in [0, 0.05) is 6.07 Å². The van der Waals surface area contributed by atoms with E-state index in [2.05, 4.69) is 4.72 Å². The fraction of sp³-hybridized carbons (Fsp3) is 0.0769. The quantitative estimate of drug-likeness (QED) is 0.845. The van der Waals surface area contributed by atoms with Crippen LogP contribution in [0.2, 0.25) is 5.02 Å². The van der Waals surface area contributed by atoms with Crippen molar-refractivity contribution in [2.75, 3.05) is 17.6 Å². The van der Waals surface area contributed by atoms with E-state index in [4.69, 9.17) is 22.1 Å². The third kappa shape index (κ3) is 3.20. The average Bonchev–Trinajstić information content (AvgIpc) is 2.40. The second kappa shape index (κ2) is 5.79. The molecule has 0 fully saturated rings. The van der Waals surface area contributed by atoms with E-state index in [1.807, 2.05) is 0 Å². The summed E-state index contributed by atoms with van der Waals surface area (Å²) in [4.78, 5) is -0.227. The molecule has 0 aliphatic heterocycles. The molecule has 5 nitrogen and oxygen atoms in total. The van der Waals surface area contributed by atoms with Crippen molar-refractivity contribution in [2.24, 2.45) is 0 Å². The van der Waals surface area contributed by atoms with Gasteiger partial charge in [-0.25, -0.2) is 12.8 Å². The smallest absolute Gasteiger partial charge is 0.265 e. The van der Waals surface area contributed by atoms with E-state index in [9.17, 15) is 12.8 Å². The zero-order valence-corrected chi connectivity index (χ0v) is 12.5. The monoisotopic (exact) mass is 330 g/mol. The van der Waals surface area contributed by atoms with Crippen molar-refractivity contribution in [2.45, 2.75) is 4.90 Å². The van der Waals surface area contributed by atoms with Crippen molar-refractivity contribution < 1.29 is 17.5 Å². The van der Waals surface area contributed by atoms with Crippen molar-refractivity contribution in [3.05, 3.63) is 47.2 Å². The Balaban J connectivity index is 2.43. The number of nitrogen functional groups attached to an aromatic ring is 1. The Bertz CT molecular complexity index is 761. The molecule has 2 aromatic carbocycles. The number of rotatable bonds is 4. The first kappa shape index (κ1) is 15.4. The summed E-state index contributed by atoms with van der Waals surface area (Å²) >= 11 is 5.88. The topological polar surface area (TPSA) is 81.4 Å². The molecule has 0 spiro atoms. The van der Waals surface area contributed by atoms with Crippen LogP contribution in [-0.4, -0.2) is 15.5 Å². The Morgan fingerprint density at radius 3 is 2.62 bits per heavy atom. The minimum atomic E-state index is -4.00. The number of sulfonamides is 1. The largest absolute Gasteiger partial charge is 0.494 e. The number of halogens is 2. The normalized spacial score (nSPS) is 11.2. The molecule has 0 saturated carbocycles. The number of nitrogens with two attached hydrogens (primary N) is 1. The van der Waals surface area contributed by atoms with E-state index in [0.29, 0.717) is 0 Å². The second-order valence-electron chi connectivity index (χ2n) is 4.11. The van der Waals surface area contributed by atoms with Gasteiger partial charge in [-0.1, -0.05) is 17.7 Å². The number of ether oxygens (including phenoxy) is 1. The molecule has 112 valence electrons. The molecule has 8 heteroatoms. The zero-order valence-electron chi connectivity index (χ0n) is 10.9. The maximum Gasteiger partial charge on any atom is 0.265 e. The summed E-state index contributed by atoms with van der Waals surface area (Å²) in [6.45, 7) is 0. The molecular weight excluding hydrogens is 319 g/mol. The highest BCUT2D eigenvalue weighted by molar-refractivity contribution is 7.93. The van der Waals surface area contributed by atoms with Gasteiger partial charge in [0.25, 0.3) is 10.0 Å². The number of hydrogen-bond donors (Lipinski definition) is 2. The van der Waals surface area contributed by atoms with Crippen LogP contribution in [0.1, 0.15) is 0 Å². The Kier molecular flexibility index (Phi) is 4.24. The number of anilines is 2. The van der Waals surface area contributed by atoms with E-state index in [1.165, 1.54) is 37.4 Å². The SMILES string of the molecule is COc1cc(NS(=O)(=O)c2c(N)cccc2Cl)ccc1F. The van der Waals surface area contributed by atoms with Crippen LogP contribution in [0.25, 0.3) is 0 Å². The first-order chi connectivity index (χ1) is 9.85. The first-order valence-corrected chi connectivity index (χ1v) is 7.61. The van der Waals surface area contributed by atoms with Crippen LogP contribution in [0.15, 0.2) is 41.3 Å². The fourth-order valence-corrected chi connectivity index (χ4v) is 3.47. The summed E-state index contributed by atoms with van der Waals surface area (Å²) in [5.74, 6) is -0.681. The minimum absolute atomic E-state index is 0.00317. The molecular formula is C13H12ClFN2O3S. The molecule has 0 unspecified atom stereocenters. The summed E-state index contributed by atoms with van der Waals surface area (Å²) in [6.07, 6.45) is 0. The highest BCUT2D eigenvalue weighted by Gasteiger charge is 2.21. The maximum atomic E-state index is 13.3. The predicted molar refractivity (Wildman–Crippen MR) is 79.6 cm³/mol. The van der Waals surface area contributed by atoms with Crippen LogP contribution >= 0.6 is 11.6 Å². The lowest BCUT2D eigenvalue weighted by molar-refractivity contribution is 0.387. The van der Waals surface area contributed by atoms with Gasteiger partial charge in [-0.3, -0.25) is 4.72 Å². The van der Waals surface area contributed by atoms with E-state index < -0.39 is 15.8 Å². The van der Waals surface area contributed by atoms with Crippen molar-refractivity contribution in [1.29, 1.82) is 0 Å². The lowest BCUT2D eigenvalue weighted by Crippen LogP contribution is -2.15. The van der Waals surface area contributed by atoms with Gasteiger partial charge in [0.05, 0.1) is 23.5 Å². The van der Waals surface area contributed by atoms with E-state index in [1.54, 1.807) is 0 Å². The molecule has 0 heterocycles. The van der Waals surface area contributed by atoms with Crippen LogP contribution in [-0.2, 0) is 10.0 Å². The number of nitrogens with one attached hydrogen (secondary N) is 1. The summed E-state index contributed by atoms with van der Waals surface area (Å²) < 4.78 is 45.0. The lowest BCUT2D eigenvalue weighted by Gasteiger charge is -2.12. The van der Waals surface area contributed by atoms with Gasteiger partial charge in [0.2, 0.25) is 0 Å². The summed E-state index contributed by atoms with van der Waals surface area (Å²) in [5, 5.41) is -0.00317. The Hall–Kier alpha value is -1.99. The molecule has 0 aliphatic rings. The van der Waals surface area contributed by atoms with Gasteiger partial charge >= 0.3 is 0 Å². The highest BCUT2D eigenvalue weighted by atomic mass is 35.5. The molecule has 0 bridgehead atoms. The summed E-state index contributed by atoms with van der Waals surface area (Å²) in [6, 6.07) is 7.95. The van der Waals surface area contributed by atoms with Crippen molar-refractivity contribution in [3.63, 3.8) is 0 Å². The van der Waals surface area contributed by atoms with Crippen LogP contribution in [0, 0.1) is 5.82 Å². The molecule has 3 N–H and O–H groups in total. The Morgan fingerprint density at radius 1 is 1.29 bits per heavy atom. The van der Waals surface area contributed by atoms with Gasteiger partial charge in [-0.15, -0.1) is 0 Å². The van der Waals surface area contributed by atoms with Gasteiger partial charge in [-0.2, -0.15) is 0 Å². The Morgan fingerprint density at radius 2 is 2.00 bits per heavy atom. The third-order valence-electron chi connectivity index (χ3n) is 2.67. The van der Waals surface area contributed by atoms with Gasteiger partial charge < -0.3 is 10.5 Å². The highest BCUT2D eigenvalue weighted by Crippen LogP contribution is 2.30. The van der Waals surface area contributed by atoms with E-state index >= 15 is 0 Å². The number of benzene rings is 2. The molecule has 0 radical (unpaired) electrons. The fourth-order valence-electron chi connectivity index (χ4n) is 1.74. The molecule has 2 aromatic rings. The maximum absolute atomic E-state index is 13.3. The van der Waals surface area contributed by atoms with Crippen molar-refractivity contribution >= 4 is 33.0 Å². The van der Waals surface area contributed by atoms with Crippen molar-refractivity contribution in [3.8, 4) is 5.75 Å². The summed E-state index contributed by atoms with van der Waals surface area (Å²) in [5.41, 5.74) is 5.80. The molecule has 2 rings (SSSR count). The van der Waals surface area contributed by atoms with Crippen molar-refractivity contribution in [1.82, 2.24) is 0 Å². The van der Waals surface area contributed by atoms with Crippen LogP contribution in [0.5, 0.6) is 5.75 Å². The average molecular weight is 331 g/mol. The molecule has 0 amide bonds. The molecule has 21 heavy (non-hydrogen) atoms. The first-order valence-electron chi connectivity index (χ1n) is 5.75. The van der Waals surface area contributed by atoms with Gasteiger partial charge in [0.1, 0.15) is 4.90 Å². The Labute approximate surface area is 126 Å². The molecule has 0 saturated heterocycles. The van der Waals surface area contributed by atoms with E-state index in [0.717, 1.165) is 6.07 Å². The zero-order chi connectivity index (χ0) is 15.6. The second-order valence-corrected chi connectivity index (χ2v) is 6.14. The van der Waals surface area contributed by atoms with Gasteiger partial charge in [0.15, 0.2) is 11.6 Å². The molecule has 0 atom stereocenters. The third-order valence-corrected chi connectivity index (χ3v) is 4.59. The predicted octanol–water partition coefficient (Wildman–Crippen LogP) is 2.87. The number of methoxy groups -OCH3 is 1. The number of hydrogen-bond acceptors (Lipinski definition) is 4. The standard InChI is InChI=1S/C13H12ClFN2O3S/c1-20-12-7-8(5-6-10(12)15)17-21(18,19)13-9(14)3-2-4-11(13)16/h2-7,17H,16H2,1H3. The molecule has 0 aromatic heterocycles.